The first-order chi connectivity index (χ1) is 9.28. The summed E-state index contributed by atoms with van der Waals surface area (Å²) in [6.07, 6.45) is 0.887. The van der Waals surface area contributed by atoms with Gasteiger partial charge in [-0.15, -0.1) is 0 Å². The Morgan fingerprint density at radius 1 is 1.45 bits per heavy atom. The molecule has 1 saturated heterocycles. The van der Waals surface area contributed by atoms with Gasteiger partial charge in [-0.2, -0.15) is 9.40 Å². The summed E-state index contributed by atoms with van der Waals surface area (Å²) < 4.78 is 27.0. The quantitative estimate of drug-likeness (QED) is 0.858. The molecule has 2 N–H and O–H groups in total. The average Bonchev–Trinajstić information content (AvgIpc) is 2.90. The smallest absolute Gasteiger partial charge is 0.262 e. The lowest BCUT2D eigenvalue weighted by Crippen LogP contribution is -2.31. The zero-order chi connectivity index (χ0) is 15.0. The normalized spacial score (nSPS) is 19.6. The maximum absolute atomic E-state index is 12.7. The van der Waals surface area contributed by atoms with Crippen LogP contribution in [0.15, 0.2) is 5.03 Å². The molecule has 2 rings (SSSR count). The minimum atomic E-state index is -3.50. The van der Waals surface area contributed by atoms with Gasteiger partial charge >= 0.3 is 0 Å². The van der Waals surface area contributed by atoms with Crippen LogP contribution in [0.1, 0.15) is 38.4 Å². The molecule has 0 saturated carbocycles. The second-order valence-electron chi connectivity index (χ2n) is 6.17. The van der Waals surface area contributed by atoms with Crippen molar-refractivity contribution < 1.29 is 8.42 Å². The van der Waals surface area contributed by atoms with E-state index >= 15 is 0 Å². The van der Waals surface area contributed by atoms with Gasteiger partial charge in [-0.1, -0.05) is 20.8 Å². The number of rotatable bonds is 5. The van der Waals surface area contributed by atoms with E-state index in [9.17, 15) is 8.42 Å². The highest BCUT2D eigenvalue weighted by Gasteiger charge is 2.39. The van der Waals surface area contributed by atoms with Crippen LogP contribution in [-0.2, 0) is 16.6 Å². The topological polar surface area (TPSA) is 78.1 Å². The third kappa shape index (κ3) is 2.89. The van der Waals surface area contributed by atoms with Gasteiger partial charge in [0.2, 0.25) is 0 Å². The minimum Gasteiger partial charge on any atom is -0.313 e. The van der Waals surface area contributed by atoms with Crippen LogP contribution < -0.4 is 5.32 Å². The highest BCUT2D eigenvalue weighted by atomic mass is 32.2. The van der Waals surface area contributed by atoms with Gasteiger partial charge in [0.1, 0.15) is 0 Å². The van der Waals surface area contributed by atoms with Crippen molar-refractivity contribution in [1.29, 1.82) is 0 Å². The van der Waals surface area contributed by atoms with E-state index in [1.54, 1.807) is 4.31 Å². The van der Waals surface area contributed by atoms with Gasteiger partial charge in [0.25, 0.3) is 10.0 Å². The molecule has 0 radical (unpaired) electrons. The lowest BCUT2D eigenvalue weighted by Gasteiger charge is -2.19. The van der Waals surface area contributed by atoms with E-state index < -0.39 is 10.0 Å². The van der Waals surface area contributed by atoms with E-state index in [-0.39, 0.29) is 10.4 Å². The van der Waals surface area contributed by atoms with Gasteiger partial charge < -0.3 is 5.32 Å². The number of hydrogen-bond donors (Lipinski definition) is 2. The molecule has 20 heavy (non-hydrogen) atoms. The van der Waals surface area contributed by atoms with Crippen molar-refractivity contribution in [2.24, 2.45) is 5.41 Å². The van der Waals surface area contributed by atoms with Gasteiger partial charge in [0.05, 0.1) is 0 Å². The molecular weight excluding hydrogens is 276 g/mol. The van der Waals surface area contributed by atoms with Crippen molar-refractivity contribution >= 4 is 10.0 Å². The van der Waals surface area contributed by atoms with Crippen molar-refractivity contribution in [3.8, 4) is 0 Å². The molecular formula is C13H24N4O2S. The van der Waals surface area contributed by atoms with E-state index in [4.69, 9.17) is 0 Å². The molecule has 0 atom stereocenters. The number of nitrogens with one attached hydrogen (secondary N) is 2. The van der Waals surface area contributed by atoms with E-state index in [0.717, 1.165) is 24.2 Å². The van der Waals surface area contributed by atoms with E-state index in [1.807, 2.05) is 13.8 Å². The van der Waals surface area contributed by atoms with E-state index in [2.05, 4.69) is 29.4 Å². The molecule has 0 bridgehead atoms. The Balaban J connectivity index is 2.31. The third-order valence-electron chi connectivity index (χ3n) is 3.81. The molecule has 114 valence electrons. The maximum atomic E-state index is 12.7. The molecule has 7 heteroatoms. The van der Waals surface area contributed by atoms with Gasteiger partial charge in [0, 0.05) is 30.9 Å². The summed E-state index contributed by atoms with van der Waals surface area (Å²) in [5.41, 5.74) is 1.60. The van der Waals surface area contributed by atoms with Crippen LogP contribution in [0.25, 0.3) is 0 Å². The predicted octanol–water partition coefficient (Wildman–Crippen LogP) is 1.25. The van der Waals surface area contributed by atoms with Crippen LogP contribution >= 0.6 is 0 Å². The third-order valence-corrected chi connectivity index (χ3v) is 5.63. The van der Waals surface area contributed by atoms with Crippen molar-refractivity contribution in [3.05, 3.63) is 11.3 Å². The number of sulfonamides is 1. The first-order valence-corrected chi connectivity index (χ1v) is 8.46. The van der Waals surface area contributed by atoms with Gasteiger partial charge in [-0.3, -0.25) is 5.10 Å². The van der Waals surface area contributed by atoms with Crippen LogP contribution in [-0.4, -0.2) is 42.6 Å². The van der Waals surface area contributed by atoms with E-state index in [0.29, 0.717) is 19.6 Å². The van der Waals surface area contributed by atoms with Crippen LogP contribution in [0.4, 0.5) is 0 Å². The predicted molar refractivity (Wildman–Crippen MR) is 77.9 cm³/mol. The Kier molecular flexibility index (Phi) is 4.22. The van der Waals surface area contributed by atoms with Gasteiger partial charge in [-0.25, -0.2) is 8.42 Å². The lowest BCUT2D eigenvalue weighted by atomic mass is 9.93. The number of H-pyrrole nitrogens is 1. The first kappa shape index (κ1) is 15.5. The molecule has 1 aliphatic heterocycles. The Morgan fingerprint density at radius 3 is 2.70 bits per heavy atom. The molecule has 2 heterocycles. The van der Waals surface area contributed by atoms with Crippen molar-refractivity contribution in [2.45, 2.75) is 45.7 Å². The second-order valence-corrected chi connectivity index (χ2v) is 8.02. The van der Waals surface area contributed by atoms with Crippen LogP contribution in [0.5, 0.6) is 0 Å². The molecule has 0 aliphatic carbocycles. The second kappa shape index (κ2) is 5.46. The number of aryl methyl sites for hydroxylation is 1. The number of aromatic amines is 1. The first-order valence-electron chi connectivity index (χ1n) is 7.02. The van der Waals surface area contributed by atoms with Crippen LogP contribution in [0, 0.1) is 12.3 Å². The fourth-order valence-corrected chi connectivity index (χ4v) is 4.29. The summed E-state index contributed by atoms with van der Waals surface area (Å²) >= 11 is 0. The molecule has 6 nitrogen and oxygen atoms in total. The molecule has 0 spiro atoms. The number of hydrogen-bond acceptors (Lipinski definition) is 4. The zero-order valence-electron chi connectivity index (χ0n) is 12.7. The molecule has 0 aromatic carbocycles. The van der Waals surface area contributed by atoms with Gasteiger partial charge in [0.15, 0.2) is 5.03 Å². The summed E-state index contributed by atoms with van der Waals surface area (Å²) in [6.45, 7) is 10.5. The summed E-state index contributed by atoms with van der Waals surface area (Å²) in [5, 5.41) is 10.2. The number of nitrogens with zero attached hydrogens (tertiary/aromatic N) is 2. The van der Waals surface area contributed by atoms with Crippen molar-refractivity contribution in [3.63, 3.8) is 0 Å². The minimum absolute atomic E-state index is 0.0419. The maximum Gasteiger partial charge on any atom is 0.262 e. The summed E-state index contributed by atoms with van der Waals surface area (Å²) in [4.78, 5) is 0. The molecule has 1 aliphatic rings. The molecule has 1 aromatic rings. The zero-order valence-corrected chi connectivity index (χ0v) is 13.5. The summed E-state index contributed by atoms with van der Waals surface area (Å²) in [6, 6.07) is 0. The Bertz CT molecular complexity index is 577. The molecule has 0 amide bonds. The lowest BCUT2D eigenvalue weighted by molar-refractivity contribution is 0.374. The fourth-order valence-electron chi connectivity index (χ4n) is 2.49. The van der Waals surface area contributed by atoms with Crippen LogP contribution in [0.3, 0.4) is 0 Å². The van der Waals surface area contributed by atoms with Crippen molar-refractivity contribution in [1.82, 2.24) is 19.8 Å². The molecule has 1 fully saturated rings. The summed E-state index contributed by atoms with van der Waals surface area (Å²) in [7, 11) is -3.50. The highest BCUT2D eigenvalue weighted by Crippen LogP contribution is 2.33. The SMILES string of the molecule is CCNCc1c(S(=O)(=O)N2CCC(C)(C)C2)n[nH]c1C. The fraction of sp³-hybridized carbons (Fsp3) is 0.769. The summed E-state index contributed by atoms with van der Waals surface area (Å²) in [5.74, 6) is 0. The number of aromatic nitrogens is 2. The Labute approximate surface area is 121 Å². The standard InChI is InChI=1S/C13H24N4O2S/c1-5-14-8-11-10(2)15-16-12(11)20(18,19)17-7-6-13(3,4)9-17/h14H,5-9H2,1-4H3,(H,15,16). The largest absolute Gasteiger partial charge is 0.313 e. The highest BCUT2D eigenvalue weighted by molar-refractivity contribution is 7.89. The average molecular weight is 300 g/mol. The van der Waals surface area contributed by atoms with Gasteiger partial charge in [-0.05, 0) is 25.3 Å². The molecule has 0 unspecified atom stereocenters. The van der Waals surface area contributed by atoms with Crippen molar-refractivity contribution in [2.75, 3.05) is 19.6 Å². The monoisotopic (exact) mass is 300 g/mol. The van der Waals surface area contributed by atoms with Crippen LogP contribution in [0.2, 0.25) is 0 Å². The van der Waals surface area contributed by atoms with E-state index in [1.165, 1.54) is 0 Å². The Hall–Kier alpha value is -0.920. The Morgan fingerprint density at radius 2 is 2.15 bits per heavy atom. The molecule has 1 aromatic heterocycles.